The number of hydrogen-bond donors (Lipinski definition) is 1. The molecule has 4 nitrogen and oxygen atoms in total. The van der Waals surface area contributed by atoms with E-state index >= 15 is 0 Å². The number of hydrazone groups is 1. The molecular formula is C21H23BrClN3O. The van der Waals surface area contributed by atoms with E-state index in [2.05, 4.69) is 65.2 Å². The van der Waals surface area contributed by atoms with Gasteiger partial charge >= 0.3 is 0 Å². The summed E-state index contributed by atoms with van der Waals surface area (Å²) in [4.78, 5) is 14.5. The van der Waals surface area contributed by atoms with Crippen molar-refractivity contribution < 1.29 is 4.79 Å². The maximum Gasteiger partial charge on any atom is 0.271 e. The van der Waals surface area contributed by atoms with E-state index in [1.807, 2.05) is 18.2 Å². The largest absolute Gasteiger partial charge is 0.369 e. The highest BCUT2D eigenvalue weighted by atomic mass is 79.9. The highest BCUT2D eigenvalue weighted by molar-refractivity contribution is 9.10. The Morgan fingerprint density at radius 1 is 1.37 bits per heavy atom. The molecule has 2 aromatic rings. The van der Waals surface area contributed by atoms with Gasteiger partial charge in [0.05, 0.1) is 11.2 Å². The van der Waals surface area contributed by atoms with Crippen LogP contribution >= 0.6 is 27.5 Å². The Morgan fingerprint density at radius 2 is 2.11 bits per heavy atom. The van der Waals surface area contributed by atoms with E-state index < -0.39 is 0 Å². The maximum absolute atomic E-state index is 12.2. The Bertz CT molecular complexity index is 910. The molecule has 0 aromatic heterocycles. The molecular weight excluding hydrogens is 426 g/mol. The molecule has 0 radical (unpaired) electrons. The predicted molar refractivity (Wildman–Crippen MR) is 116 cm³/mol. The fourth-order valence-corrected chi connectivity index (χ4v) is 4.16. The molecule has 1 amide bonds. The summed E-state index contributed by atoms with van der Waals surface area (Å²) in [6, 6.07) is 11.2. The molecule has 1 aliphatic heterocycles. The van der Waals surface area contributed by atoms with Crippen LogP contribution in [0.5, 0.6) is 0 Å². The second-order valence-electron chi connectivity index (χ2n) is 7.62. The molecule has 0 fully saturated rings. The van der Waals surface area contributed by atoms with Gasteiger partial charge in [-0.25, -0.2) is 5.43 Å². The molecule has 1 aliphatic rings. The van der Waals surface area contributed by atoms with E-state index in [1.165, 1.54) is 5.56 Å². The first-order chi connectivity index (χ1) is 12.7. The first-order valence-corrected chi connectivity index (χ1v) is 10.0. The SMILES string of the molecule is CC1CC(C)(C)N(C)c2cc(Cl)c(/C=N/NC(=O)c3cccc(Br)c3)cc21. The third-order valence-corrected chi connectivity index (χ3v) is 6.03. The predicted octanol–water partition coefficient (Wildman–Crippen LogP) is 5.59. The van der Waals surface area contributed by atoms with E-state index in [9.17, 15) is 4.79 Å². The number of amides is 1. The van der Waals surface area contributed by atoms with Crippen LogP contribution < -0.4 is 10.3 Å². The molecule has 1 unspecified atom stereocenters. The van der Waals surface area contributed by atoms with Gasteiger partial charge in [0, 0.05) is 33.9 Å². The molecule has 0 saturated carbocycles. The standard InChI is InChI=1S/C21H23BrClN3O/c1-13-11-21(2,3)26(4)19-10-18(23)15(9-17(13)19)12-24-25-20(27)14-6-5-7-16(22)8-14/h5-10,12-13H,11H2,1-4H3,(H,25,27)/b24-12+. The van der Waals surface area contributed by atoms with Crippen LogP contribution in [0.25, 0.3) is 0 Å². The zero-order chi connectivity index (χ0) is 19.8. The van der Waals surface area contributed by atoms with Crippen LogP contribution in [0.1, 0.15) is 54.6 Å². The summed E-state index contributed by atoms with van der Waals surface area (Å²) in [5.41, 5.74) is 6.38. The van der Waals surface area contributed by atoms with Crippen LogP contribution in [0.2, 0.25) is 5.02 Å². The number of carbonyl (C=O) groups excluding carboxylic acids is 1. The van der Waals surface area contributed by atoms with Crippen LogP contribution in [0.4, 0.5) is 5.69 Å². The molecule has 27 heavy (non-hydrogen) atoms. The smallest absolute Gasteiger partial charge is 0.271 e. The lowest BCUT2D eigenvalue weighted by atomic mass is 9.80. The lowest BCUT2D eigenvalue weighted by molar-refractivity contribution is 0.0955. The van der Waals surface area contributed by atoms with Gasteiger partial charge < -0.3 is 4.90 Å². The maximum atomic E-state index is 12.2. The van der Waals surface area contributed by atoms with Crippen molar-refractivity contribution in [3.63, 3.8) is 0 Å². The molecule has 0 bridgehead atoms. The number of nitrogens with one attached hydrogen (secondary N) is 1. The summed E-state index contributed by atoms with van der Waals surface area (Å²) < 4.78 is 0.845. The topological polar surface area (TPSA) is 44.7 Å². The van der Waals surface area contributed by atoms with Crippen LogP contribution in [-0.4, -0.2) is 24.7 Å². The molecule has 0 saturated heterocycles. The molecule has 6 heteroatoms. The Labute approximate surface area is 173 Å². The van der Waals surface area contributed by atoms with Gasteiger partial charge in [0.1, 0.15) is 0 Å². The van der Waals surface area contributed by atoms with E-state index in [4.69, 9.17) is 11.6 Å². The number of benzene rings is 2. The highest BCUT2D eigenvalue weighted by Crippen LogP contribution is 2.44. The van der Waals surface area contributed by atoms with Gasteiger partial charge in [-0.2, -0.15) is 5.10 Å². The lowest BCUT2D eigenvalue weighted by Crippen LogP contribution is -2.45. The monoisotopic (exact) mass is 447 g/mol. The second kappa shape index (κ2) is 7.64. The van der Waals surface area contributed by atoms with Crippen molar-refractivity contribution in [2.45, 2.75) is 38.6 Å². The molecule has 3 rings (SSSR count). The minimum Gasteiger partial charge on any atom is -0.369 e. The molecule has 2 aromatic carbocycles. The van der Waals surface area contributed by atoms with Gasteiger partial charge in [0.15, 0.2) is 0 Å². The summed E-state index contributed by atoms with van der Waals surface area (Å²) in [5, 5.41) is 4.71. The third kappa shape index (κ3) is 4.19. The fraction of sp³-hybridized carbons (Fsp3) is 0.333. The van der Waals surface area contributed by atoms with Crippen molar-refractivity contribution in [2.75, 3.05) is 11.9 Å². The fourth-order valence-electron chi connectivity index (χ4n) is 3.56. The van der Waals surface area contributed by atoms with Crippen molar-refractivity contribution in [1.29, 1.82) is 0 Å². The van der Waals surface area contributed by atoms with Crippen molar-refractivity contribution in [3.05, 3.63) is 62.6 Å². The van der Waals surface area contributed by atoms with Gasteiger partial charge in [-0.3, -0.25) is 4.79 Å². The lowest BCUT2D eigenvalue weighted by Gasteiger charge is -2.45. The zero-order valence-electron chi connectivity index (χ0n) is 15.9. The van der Waals surface area contributed by atoms with Crippen molar-refractivity contribution >= 4 is 45.3 Å². The average Bonchev–Trinajstić information content (AvgIpc) is 2.60. The first kappa shape index (κ1) is 19.9. The number of rotatable bonds is 3. The van der Waals surface area contributed by atoms with Gasteiger partial charge in [-0.05, 0) is 62.1 Å². The molecule has 142 valence electrons. The van der Waals surface area contributed by atoms with Crippen molar-refractivity contribution in [1.82, 2.24) is 5.43 Å². The Kier molecular flexibility index (Phi) is 5.63. The summed E-state index contributed by atoms with van der Waals surface area (Å²) in [6.07, 6.45) is 2.67. The number of nitrogens with zero attached hydrogens (tertiary/aromatic N) is 2. The average molecular weight is 449 g/mol. The minimum atomic E-state index is -0.267. The zero-order valence-corrected chi connectivity index (χ0v) is 18.2. The number of fused-ring (bicyclic) bond motifs is 1. The van der Waals surface area contributed by atoms with Crippen LogP contribution in [0, 0.1) is 0 Å². The van der Waals surface area contributed by atoms with Gasteiger partial charge in [-0.15, -0.1) is 0 Å². The van der Waals surface area contributed by atoms with Gasteiger partial charge in [0.2, 0.25) is 0 Å². The van der Waals surface area contributed by atoms with Crippen LogP contribution in [-0.2, 0) is 0 Å². The van der Waals surface area contributed by atoms with Gasteiger partial charge in [-0.1, -0.05) is 40.5 Å². The summed E-state index contributed by atoms with van der Waals surface area (Å²) >= 11 is 9.84. The first-order valence-electron chi connectivity index (χ1n) is 8.85. The molecule has 1 N–H and O–H groups in total. The number of anilines is 1. The summed E-state index contributed by atoms with van der Waals surface area (Å²) in [6.45, 7) is 6.72. The van der Waals surface area contributed by atoms with Crippen molar-refractivity contribution in [2.24, 2.45) is 5.10 Å². The Morgan fingerprint density at radius 3 is 2.81 bits per heavy atom. The molecule has 0 aliphatic carbocycles. The quantitative estimate of drug-likeness (QED) is 0.491. The van der Waals surface area contributed by atoms with Crippen LogP contribution in [0.3, 0.4) is 0 Å². The van der Waals surface area contributed by atoms with Gasteiger partial charge in [0.25, 0.3) is 5.91 Å². The number of hydrogen-bond acceptors (Lipinski definition) is 3. The van der Waals surface area contributed by atoms with E-state index in [-0.39, 0.29) is 11.4 Å². The Hall–Kier alpha value is -1.85. The normalized spacial score (nSPS) is 18.4. The molecule has 1 atom stereocenters. The second-order valence-corrected chi connectivity index (χ2v) is 8.94. The van der Waals surface area contributed by atoms with E-state index in [0.29, 0.717) is 16.5 Å². The molecule has 1 heterocycles. The number of halogens is 2. The highest BCUT2D eigenvalue weighted by Gasteiger charge is 2.34. The number of carbonyl (C=O) groups is 1. The van der Waals surface area contributed by atoms with Crippen LogP contribution in [0.15, 0.2) is 46.0 Å². The minimum absolute atomic E-state index is 0.0866. The van der Waals surface area contributed by atoms with E-state index in [0.717, 1.165) is 22.1 Å². The Balaban J connectivity index is 1.81. The van der Waals surface area contributed by atoms with E-state index in [1.54, 1.807) is 18.3 Å². The summed E-state index contributed by atoms with van der Waals surface area (Å²) in [7, 11) is 2.10. The summed E-state index contributed by atoms with van der Waals surface area (Å²) in [5.74, 6) is 0.156. The van der Waals surface area contributed by atoms with Crippen molar-refractivity contribution in [3.8, 4) is 0 Å². The molecule has 0 spiro atoms. The third-order valence-electron chi connectivity index (χ3n) is 5.21.